The first kappa shape index (κ1) is 16.1. The second-order valence-electron chi connectivity index (χ2n) is 6.55. The Labute approximate surface area is 126 Å². The maximum Gasteiger partial charge on any atom is 0.317 e. The summed E-state index contributed by atoms with van der Waals surface area (Å²) in [4.78, 5) is 27.0. The van der Waals surface area contributed by atoms with Crippen LogP contribution in [0.15, 0.2) is 0 Å². The number of amides is 2. The van der Waals surface area contributed by atoms with Gasteiger partial charge in [-0.1, -0.05) is 12.8 Å². The highest BCUT2D eigenvalue weighted by Crippen LogP contribution is 2.33. The molecular formula is C15H27N3O3. The Bertz CT molecular complexity index is 388. The molecule has 6 nitrogen and oxygen atoms in total. The molecule has 0 aromatic rings. The summed E-state index contributed by atoms with van der Waals surface area (Å²) in [5.74, 6) is -0.853. The molecule has 0 radical (unpaired) electrons. The SMILES string of the molecule is CN(C)C1(CNC(=O)N(CCC(=O)O)C2CC2)CCCC1. The largest absolute Gasteiger partial charge is 0.481 e. The van der Waals surface area contributed by atoms with E-state index in [0.29, 0.717) is 13.1 Å². The van der Waals surface area contributed by atoms with Crippen molar-refractivity contribution in [1.29, 1.82) is 0 Å². The summed E-state index contributed by atoms with van der Waals surface area (Å²) in [5.41, 5.74) is 0.0671. The fourth-order valence-electron chi connectivity index (χ4n) is 3.21. The summed E-state index contributed by atoms with van der Waals surface area (Å²) < 4.78 is 0. The Hall–Kier alpha value is -1.30. The highest BCUT2D eigenvalue weighted by Gasteiger charge is 2.38. The zero-order chi connectivity index (χ0) is 15.5. The topological polar surface area (TPSA) is 72.9 Å². The van der Waals surface area contributed by atoms with Gasteiger partial charge >= 0.3 is 12.0 Å². The minimum atomic E-state index is -0.853. The average molecular weight is 297 g/mol. The van der Waals surface area contributed by atoms with E-state index in [1.165, 1.54) is 12.8 Å². The summed E-state index contributed by atoms with van der Waals surface area (Å²) in [6, 6.07) is 0.134. The smallest absolute Gasteiger partial charge is 0.317 e. The number of nitrogens with zero attached hydrogens (tertiary/aromatic N) is 2. The Morgan fingerprint density at radius 1 is 1.24 bits per heavy atom. The molecule has 0 aliphatic heterocycles. The number of carbonyl (C=O) groups is 2. The summed E-state index contributed by atoms with van der Waals surface area (Å²) in [5, 5.41) is 11.8. The first-order valence-corrected chi connectivity index (χ1v) is 7.88. The highest BCUT2D eigenvalue weighted by molar-refractivity contribution is 5.76. The number of hydrogen-bond donors (Lipinski definition) is 2. The van der Waals surface area contributed by atoms with Crippen LogP contribution in [0.1, 0.15) is 44.9 Å². The van der Waals surface area contributed by atoms with Crippen LogP contribution in [-0.4, -0.2) is 65.7 Å². The van der Waals surface area contributed by atoms with Crippen molar-refractivity contribution in [2.45, 2.75) is 56.5 Å². The Kier molecular flexibility index (Phi) is 5.08. The summed E-state index contributed by atoms with van der Waals surface area (Å²) in [6.07, 6.45) is 6.64. The van der Waals surface area contributed by atoms with Crippen LogP contribution in [0.5, 0.6) is 0 Å². The van der Waals surface area contributed by atoms with E-state index in [2.05, 4.69) is 24.3 Å². The van der Waals surface area contributed by atoms with E-state index in [4.69, 9.17) is 5.11 Å². The van der Waals surface area contributed by atoms with Crippen LogP contribution < -0.4 is 5.32 Å². The molecule has 2 aliphatic rings. The third-order valence-corrected chi connectivity index (χ3v) is 4.87. The van der Waals surface area contributed by atoms with Crippen LogP contribution in [0.25, 0.3) is 0 Å². The zero-order valence-electron chi connectivity index (χ0n) is 13.1. The molecule has 0 atom stereocenters. The predicted octanol–water partition coefficient (Wildman–Crippen LogP) is 1.51. The van der Waals surface area contributed by atoms with Crippen molar-refractivity contribution >= 4 is 12.0 Å². The molecular weight excluding hydrogens is 270 g/mol. The lowest BCUT2D eigenvalue weighted by molar-refractivity contribution is -0.137. The number of carbonyl (C=O) groups excluding carboxylic acids is 1. The second kappa shape index (κ2) is 6.64. The van der Waals surface area contributed by atoms with E-state index in [1.807, 2.05) is 0 Å². The quantitative estimate of drug-likeness (QED) is 0.747. The Morgan fingerprint density at radius 3 is 2.33 bits per heavy atom. The fourth-order valence-corrected chi connectivity index (χ4v) is 3.21. The molecule has 2 N–H and O–H groups in total. The predicted molar refractivity (Wildman–Crippen MR) is 80.3 cm³/mol. The minimum Gasteiger partial charge on any atom is -0.481 e. The molecule has 0 saturated heterocycles. The van der Waals surface area contributed by atoms with Gasteiger partial charge in [-0.3, -0.25) is 4.79 Å². The van der Waals surface area contributed by atoms with E-state index in [9.17, 15) is 9.59 Å². The molecule has 6 heteroatoms. The van der Waals surface area contributed by atoms with Crippen molar-refractivity contribution in [3.05, 3.63) is 0 Å². The molecule has 0 bridgehead atoms. The van der Waals surface area contributed by atoms with Gasteiger partial charge in [-0.2, -0.15) is 0 Å². The normalized spacial score (nSPS) is 20.5. The number of hydrogen-bond acceptors (Lipinski definition) is 3. The van der Waals surface area contributed by atoms with E-state index in [1.54, 1.807) is 4.90 Å². The van der Waals surface area contributed by atoms with E-state index in [0.717, 1.165) is 25.7 Å². The number of carboxylic acids is 1. The van der Waals surface area contributed by atoms with Gasteiger partial charge in [0.05, 0.1) is 6.42 Å². The van der Waals surface area contributed by atoms with Crippen molar-refractivity contribution in [3.8, 4) is 0 Å². The number of carboxylic acid groups (broad SMARTS) is 1. The molecule has 120 valence electrons. The monoisotopic (exact) mass is 297 g/mol. The van der Waals surface area contributed by atoms with Crippen molar-refractivity contribution in [3.63, 3.8) is 0 Å². The molecule has 2 fully saturated rings. The van der Waals surface area contributed by atoms with E-state index < -0.39 is 5.97 Å². The Morgan fingerprint density at radius 2 is 1.86 bits per heavy atom. The van der Waals surface area contributed by atoms with Crippen LogP contribution in [0.2, 0.25) is 0 Å². The lowest BCUT2D eigenvalue weighted by Crippen LogP contribution is -2.53. The minimum absolute atomic E-state index is 0.0166. The maximum atomic E-state index is 12.4. The molecule has 2 saturated carbocycles. The molecule has 0 spiro atoms. The zero-order valence-corrected chi connectivity index (χ0v) is 13.1. The van der Waals surface area contributed by atoms with Crippen molar-refractivity contribution in [2.24, 2.45) is 0 Å². The molecule has 0 heterocycles. The van der Waals surface area contributed by atoms with Gasteiger partial charge in [0.2, 0.25) is 0 Å². The standard InChI is InChI=1S/C15H27N3O3/c1-17(2)15(8-3-4-9-15)11-16-14(21)18(12-5-6-12)10-7-13(19)20/h12H,3-11H2,1-2H3,(H,16,21)(H,19,20). The molecule has 2 aliphatic carbocycles. The van der Waals surface area contributed by atoms with Crippen LogP contribution in [0, 0.1) is 0 Å². The van der Waals surface area contributed by atoms with Crippen LogP contribution in [0.3, 0.4) is 0 Å². The van der Waals surface area contributed by atoms with E-state index >= 15 is 0 Å². The van der Waals surface area contributed by atoms with Gasteiger partial charge in [-0.15, -0.1) is 0 Å². The molecule has 0 aromatic heterocycles. The Balaban J connectivity index is 1.87. The van der Waals surface area contributed by atoms with Gasteiger partial charge in [0.25, 0.3) is 0 Å². The van der Waals surface area contributed by atoms with Crippen molar-refractivity contribution < 1.29 is 14.7 Å². The summed E-state index contributed by atoms with van der Waals surface area (Å²) in [6.45, 7) is 0.954. The first-order chi connectivity index (χ1) is 9.94. The second-order valence-corrected chi connectivity index (χ2v) is 6.55. The van der Waals surface area contributed by atoms with Crippen LogP contribution in [0.4, 0.5) is 4.79 Å². The molecule has 2 amide bonds. The summed E-state index contributed by atoms with van der Waals surface area (Å²) in [7, 11) is 4.14. The van der Waals surface area contributed by atoms with Gasteiger partial charge in [-0.25, -0.2) is 4.79 Å². The van der Waals surface area contributed by atoms with Crippen LogP contribution >= 0.6 is 0 Å². The highest BCUT2D eigenvalue weighted by atomic mass is 16.4. The number of likely N-dealkylation sites (N-methyl/N-ethyl adjacent to an activating group) is 1. The van der Waals surface area contributed by atoms with Crippen molar-refractivity contribution in [1.82, 2.24) is 15.1 Å². The average Bonchev–Trinajstić information content (AvgIpc) is 3.13. The molecule has 2 rings (SSSR count). The van der Waals surface area contributed by atoms with Gasteiger partial charge < -0.3 is 20.2 Å². The number of nitrogens with one attached hydrogen (secondary N) is 1. The molecule has 21 heavy (non-hydrogen) atoms. The van der Waals surface area contributed by atoms with Gasteiger partial charge in [0.1, 0.15) is 0 Å². The van der Waals surface area contributed by atoms with E-state index in [-0.39, 0.29) is 24.0 Å². The van der Waals surface area contributed by atoms with Gasteiger partial charge in [-0.05, 0) is 39.8 Å². The third kappa shape index (κ3) is 4.09. The van der Waals surface area contributed by atoms with Crippen molar-refractivity contribution in [2.75, 3.05) is 27.2 Å². The molecule has 0 unspecified atom stereocenters. The lowest BCUT2D eigenvalue weighted by Gasteiger charge is -2.37. The molecule has 0 aromatic carbocycles. The van der Waals surface area contributed by atoms with Gasteiger partial charge in [0, 0.05) is 24.7 Å². The lowest BCUT2D eigenvalue weighted by atomic mass is 9.96. The number of urea groups is 1. The van der Waals surface area contributed by atoms with Crippen LogP contribution in [-0.2, 0) is 4.79 Å². The first-order valence-electron chi connectivity index (χ1n) is 7.88. The summed E-state index contributed by atoms with van der Waals surface area (Å²) >= 11 is 0. The van der Waals surface area contributed by atoms with Gasteiger partial charge in [0.15, 0.2) is 0 Å². The number of aliphatic carboxylic acids is 1. The third-order valence-electron chi connectivity index (χ3n) is 4.87. The maximum absolute atomic E-state index is 12.4. The number of rotatable bonds is 7. The fraction of sp³-hybridized carbons (Fsp3) is 0.867.